The molecule has 2 atom stereocenters. The van der Waals surface area contributed by atoms with Crippen molar-refractivity contribution in [1.82, 2.24) is 10.4 Å². The molecular formula is C31H21N5O5. The standard InChI is InChI=1S/C31H21N5O5/c37-28(18-13-15-32-16-14-18)34-33-17-31-21-9-3-1-7-19(21)25(20-8-2-4-10-22(20)31)26-27(31)30(39)35(29(26)38)23-11-5-6-12-24(23)36(40)41/h1-17,25-27H,(H,34,37)/b33-17-/t25?,26-,27-,31?/m0/s1. The normalized spacial score (nSPS) is 23.7. The number of aromatic nitrogens is 1. The highest BCUT2D eigenvalue weighted by Gasteiger charge is 2.68. The van der Waals surface area contributed by atoms with E-state index in [1.54, 1.807) is 24.4 Å². The maximum Gasteiger partial charge on any atom is 0.293 e. The molecule has 10 nitrogen and oxygen atoms in total. The predicted octanol–water partition coefficient (Wildman–Crippen LogP) is 3.96. The second kappa shape index (κ2) is 9.02. The number of nitrogens with one attached hydrogen (secondary N) is 1. The first-order valence-corrected chi connectivity index (χ1v) is 13.0. The van der Waals surface area contributed by atoms with Crippen molar-refractivity contribution in [3.05, 3.63) is 135 Å². The third-order valence-electron chi connectivity index (χ3n) is 8.38. The first kappa shape index (κ1) is 24.5. The molecule has 1 N–H and O–H groups in total. The van der Waals surface area contributed by atoms with E-state index in [4.69, 9.17) is 0 Å². The summed E-state index contributed by atoms with van der Waals surface area (Å²) in [5.74, 6) is -3.70. The molecule has 200 valence electrons. The Balaban J connectivity index is 1.43. The summed E-state index contributed by atoms with van der Waals surface area (Å²) in [5, 5.41) is 16.2. The molecule has 3 aromatic carbocycles. The monoisotopic (exact) mass is 543 g/mol. The van der Waals surface area contributed by atoms with Crippen LogP contribution in [0.4, 0.5) is 11.4 Å². The van der Waals surface area contributed by atoms with Crippen molar-refractivity contribution in [2.75, 3.05) is 4.90 Å². The Bertz CT molecular complexity index is 1760. The molecule has 2 heterocycles. The number of para-hydroxylation sites is 2. The highest BCUT2D eigenvalue weighted by atomic mass is 16.6. The number of pyridine rings is 1. The van der Waals surface area contributed by atoms with Gasteiger partial charge >= 0.3 is 0 Å². The fraction of sp³-hybridized carbons (Fsp3) is 0.129. The molecule has 4 aromatic rings. The summed E-state index contributed by atoms with van der Waals surface area (Å²) < 4.78 is 0. The SMILES string of the molecule is O=C(N/N=C\C12c3ccccc3C(c3ccccc31)[C@@H]1C(=O)N(c3ccccc3[N+](=O)[O-])C(=O)[C@H]12)c1ccncc1. The van der Waals surface area contributed by atoms with Crippen LogP contribution in [0.2, 0.25) is 0 Å². The number of hydrazone groups is 1. The van der Waals surface area contributed by atoms with Crippen molar-refractivity contribution in [3.8, 4) is 0 Å². The van der Waals surface area contributed by atoms with Crippen molar-refractivity contribution in [2.45, 2.75) is 11.3 Å². The summed E-state index contributed by atoms with van der Waals surface area (Å²) in [6.07, 6.45) is 4.54. The lowest BCUT2D eigenvalue weighted by atomic mass is 9.47. The molecule has 41 heavy (non-hydrogen) atoms. The van der Waals surface area contributed by atoms with Gasteiger partial charge < -0.3 is 0 Å². The number of nitro groups is 1. The molecule has 10 heteroatoms. The highest BCUT2D eigenvalue weighted by Crippen LogP contribution is 2.63. The fourth-order valence-electron chi connectivity index (χ4n) is 6.86. The zero-order valence-electron chi connectivity index (χ0n) is 21.4. The molecule has 0 unspecified atom stereocenters. The maximum atomic E-state index is 14.4. The molecule has 1 fully saturated rings. The lowest BCUT2D eigenvalue weighted by molar-refractivity contribution is -0.384. The van der Waals surface area contributed by atoms with E-state index in [0.29, 0.717) is 5.56 Å². The van der Waals surface area contributed by atoms with Crippen LogP contribution >= 0.6 is 0 Å². The first-order chi connectivity index (χ1) is 19.9. The largest absolute Gasteiger partial charge is 0.293 e. The smallest absolute Gasteiger partial charge is 0.274 e. The molecule has 0 saturated carbocycles. The highest BCUT2D eigenvalue weighted by molar-refractivity contribution is 6.25. The predicted molar refractivity (Wildman–Crippen MR) is 148 cm³/mol. The second-order valence-corrected chi connectivity index (χ2v) is 10.2. The third-order valence-corrected chi connectivity index (χ3v) is 8.38. The molecule has 1 aromatic heterocycles. The van der Waals surface area contributed by atoms with E-state index in [0.717, 1.165) is 27.2 Å². The Labute approximate surface area is 233 Å². The van der Waals surface area contributed by atoms with Gasteiger partial charge in [-0.2, -0.15) is 5.10 Å². The van der Waals surface area contributed by atoms with Crippen LogP contribution in [0.15, 0.2) is 102 Å². The Morgan fingerprint density at radius 2 is 1.51 bits per heavy atom. The number of hydrogen-bond acceptors (Lipinski definition) is 7. The summed E-state index contributed by atoms with van der Waals surface area (Å²) in [4.78, 5) is 57.6. The van der Waals surface area contributed by atoms with Crippen LogP contribution in [0.5, 0.6) is 0 Å². The Kier molecular flexibility index (Phi) is 5.40. The number of rotatable bonds is 5. The summed E-state index contributed by atoms with van der Waals surface area (Å²) in [5.41, 5.74) is 4.67. The molecule has 3 aliphatic carbocycles. The van der Waals surface area contributed by atoms with Crippen LogP contribution in [0, 0.1) is 22.0 Å². The lowest BCUT2D eigenvalue weighted by Gasteiger charge is -2.52. The van der Waals surface area contributed by atoms with Crippen molar-refractivity contribution >= 4 is 35.3 Å². The van der Waals surface area contributed by atoms with Crippen LogP contribution < -0.4 is 10.3 Å². The molecule has 2 bridgehead atoms. The van der Waals surface area contributed by atoms with Gasteiger partial charge in [-0.05, 0) is 40.5 Å². The number of carbonyl (C=O) groups is 3. The molecule has 0 spiro atoms. The number of benzene rings is 3. The molecule has 0 radical (unpaired) electrons. The van der Waals surface area contributed by atoms with Gasteiger partial charge in [0.1, 0.15) is 5.69 Å². The van der Waals surface area contributed by atoms with Gasteiger partial charge in [-0.25, -0.2) is 10.3 Å². The molecule has 4 aliphatic rings. The van der Waals surface area contributed by atoms with Gasteiger partial charge in [-0.15, -0.1) is 0 Å². The molecule has 8 rings (SSSR count). The average molecular weight is 544 g/mol. The van der Waals surface area contributed by atoms with Gasteiger partial charge in [-0.1, -0.05) is 60.7 Å². The minimum atomic E-state index is -1.22. The van der Waals surface area contributed by atoms with Gasteiger partial charge in [0.25, 0.3) is 11.6 Å². The number of imide groups is 1. The molecule has 1 aliphatic heterocycles. The molecule has 1 saturated heterocycles. The first-order valence-electron chi connectivity index (χ1n) is 13.0. The number of carbonyl (C=O) groups excluding carboxylic acids is 3. The summed E-state index contributed by atoms with van der Waals surface area (Å²) in [6.45, 7) is 0. The minimum Gasteiger partial charge on any atom is -0.274 e. The van der Waals surface area contributed by atoms with Crippen LogP contribution in [-0.2, 0) is 15.0 Å². The van der Waals surface area contributed by atoms with Crippen molar-refractivity contribution in [1.29, 1.82) is 0 Å². The van der Waals surface area contributed by atoms with Crippen molar-refractivity contribution in [2.24, 2.45) is 16.9 Å². The Morgan fingerprint density at radius 1 is 0.902 bits per heavy atom. The van der Waals surface area contributed by atoms with Crippen molar-refractivity contribution < 1.29 is 19.3 Å². The van der Waals surface area contributed by atoms with Gasteiger partial charge in [0.05, 0.1) is 22.2 Å². The fourth-order valence-corrected chi connectivity index (χ4v) is 6.86. The Morgan fingerprint density at radius 3 is 2.17 bits per heavy atom. The van der Waals surface area contributed by atoms with Crippen LogP contribution in [0.3, 0.4) is 0 Å². The van der Waals surface area contributed by atoms with Gasteiger partial charge in [0, 0.05) is 36.2 Å². The number of hydrogen-bond donors (Lipinski definition) is 1. The lowest BCUT2D eigenvalue weighted by Crippen LogP contribution is -2.54. The quantitative estimate of drug-likeness (QED) is 0.175. The zero-order chi connectivity index (χ0) is 28.3. The van der Waals surface area contributed by atoms with E-state index >= 15 is 0 Å². The van der Waals surface area contributed by atoms with Crippen molar-refractivity contribution in [3.63, 3.8) is 0 Å². The van der Waals surface area contributed by atoms with E-state index in [1.165, 1.54) is 30.6 Å². The number of amides is 3. The number of nitrogens with zero attached hydrogens (tertiary/aromatic N) is 4. The summed E-state index contributed by atoms with van der Waals surface area (Å²) in [7, 11) is 0. The third kappa shape index (κ3) is 3.33. The van der Waals surface area contributed by atoms with Crippen LogP contribution in [-0.4, -0.2) is 33.8 Å². The van der Waals surface area contributed by atoms with E-state index in [-0.39, 0.29) is 11.4 Å². The number of nitro benzene ring substituents is 1. The molecular weight excluding hydrogens is 522 g/mol. The van der Waals surface area contributed by atoms with Gasteiger partial charge in [0.2, 0.25) is 11.8 Å². The second-order valence-electron chi connectivity index (χ2n) is 10.2. The van der Waals surface area contributed by atoms with Gasteiger partial charge in [0.15, 0.2) is 0 Å². The van der Waals surface area contributed by atoms with E-state index in [9.17, 15) is 24.5 Å². The molecule has 3 amide bonds. The van der Waals surface area contributed by atoms with Gasteiger partial charge in [-0.3, -0.25) is 29.5 Å². The Hall–Kier alpha value is -5.51. The topological polar surface area (TPSA) is 135 Å². The average Bonchev–Trinajstić information content (AvgIpc) is 3.28. The van der Waals surface area contributed by atoms with Crippen LogP contribution in [0.25, 0.3) is 0 Å². The minimum absolute atomic E-state index is 0.0625. The van der Waals surface area contributed by atoms with E-state index in [1.807, 2.05) is 48.5 Å². The van der Waals surface area contributed by atoms with E-state index < -0.39 is 45.8 Å². The van der Waals surface area contributed by atoms with Crippen LogP contribution in [0.1, 0.15) is 38.5 Å². The maximum absolute atomic E-state index is 14.4. The summed E-state index contributed by atoms with van der Waals surface area (Å²) >= 11 is 0. The zero-order valence-corrected chi connectivity index (χ0v) is 21.4. The number of anilines is 1. The summed E-state index contributed by atoms with van der Waals surface area (Å²) in [6, 6.07) is 24.1. The van der Waals surface area contributed by atoms with E-state index in [2.05, 4.69) is 15.5 Å².